The number of unbranched alkanes of at least 4 members (excludes halogenated alkanes) is 4. The SMILES string of the molecule is CCCCCC(CCCCC)Nc1ncnn2cccc12. The summed E-state index contributed by atoms with van der Waals surface area (Å²) in [6.45, 7) is 4.52. The van der Waals surface area contributed by atoms with Gasteiger partial charge in [0.05, 0.1) is 0 Å². The number of anilines is 1. The van der Waals surface area contributed by atoms with Crippen molar-refractivity contribution < 1.29 is 0 Å². The van der Waals surface area contributed by atoms with E-state index in [1.807, 2.05) is 16.8 Å². The topological polar surface area (TPSA) is 42.2 Å². The molecule has 0 aliphatic rings. The maximum absolute atomic E-state index is 4.43. The van der Waals surface area contributed by atoms with Gasteiger partial charge < -0.3 is 5.32 Å². The van der Waals surface area contributed by atoms with Crippen LogP contribution < -0.4 is 5.32 Å². The van der Waals surface area contributed by atoms with Crippen LogP contribution in [0.4, 0.5) is 5.82 Å². The van der Waals surface area contributed by atoms with Gasteiger partial charge in [-0.25, -0.2) is 9.50 Å². The van der Waals surface area contributed by atoms with Gasteiger partial charge in [0.15, 0.2) is 5.82 Å². The first-order valence-electron chi connectivity index (χ1n) is 8.40. The van der Waals surface area contributed by atoms with Crippen LogP contribution in [0.5, 0.6) is 0 Å². The molecule has 0 saturated heterocycles. The van der Waals surface area contributed by atoms with Gasteiger partial charge in [0.1, 0.15) is 11.8 Å². The number of hydrogen-bond acceptors (Lipinski definition) is 3. The summed E-state index contributed by atoms with van der Waals surface area (Å²) in [5.74, 6) is 0.966. The molecule has 0 radical (unpaired) electrons. The van der Waals surface area contributed by atoms with E-state index in [1.54, 1.807) is 6.33 Å². The minimum Gasteiger partial charge on any atom is -0.365 e. The second-order valence-corrected chi connectivity index (χ2v) is 5.78. The van der Waals surface area contributed by atoms with Crippen LogP contribution in [0.15, 0.2) is 24.7 Å². The quantitative estimate of drug-likeness (QED) is 0.646. The maximum atomic E-state index is 4.43. The molecule has 21 heavy (non-hydrogen) atoms. The zero-order valence-electron chi connectivity index (χ0n) is 13.4. The van der Waals surface area contributed by atoms with E-state index in [0.717, 1.165) is 11.3 Å². The summed E-state index contributed by atoms with van der Waals surface area (Å²) in [6, 6.07) is 4.60. The molecule has 0 aromatic carbocycles. The van der Waals surface area contributed by atoms with Crippen LogP contribution >= 0.6 is 0 Å². The monoisotopic (exact) mass is 288 g/mol. The summed E-state index contributed by atoms with van der Waals surface area (Å²) in [4.78, 5) is 4.43. The molecule has 0 fully saturated rings. The molecular formula is C17H28N4. The molecule has 2 aromatic rings. The third-order valence-corrected chi connectivity index (χ3v) is 3.99. The first-order valence-corrected chi connectivity index (χ1v) is 8.40. The summed E-state index contributed by atoms with van der Waals surface area (Å²) in [6.07, 6.45) is 13.8. The Morgan fingerprint density at radius 3 is 2.48 bits per heavy atom. The van der Waals surface area contributed by atoms with E-state index in [9.17, 15) is 0 Å². The van der Waals surface area contributed by atoms with E-state index in [4.69, 9.17) is 0 Å². The average Bonchev–Trinajstić information content (AvgIpc) is 2.97. The van der Waals surface area contributed by atoms with E-state index in [2.05, 4.69) is 35.3 Å². The largest absolute Gasteiger partial charge is 0.365 e. The zero-order valence-corrected chi connectivity index (χ0v) is 13.4. The van der Waals surface area contributed by atoms with E-state index in [-0.39, 0.29) is 0 Å². The molecule has 2 rings (SSSR count). The molecule has 4 nitrogen and oxygen atoms in total. The Morgan fingerprint density at radius 1 is 1.10 bits per heavy atom. The molecule has 2 aromatic heterocycles. The van der Waals surface area contributed by atoms with Gasteiger partial charge in [-0.1, -0.05) is 52.4 Å². The highest BCUT2D eigenvalue weighted by molar-refractivity contribution is 5.67. The van der Waals surface area contributed by atoms with Crippen molar-refractivity contribution in [1.82, 2.24) is 14.6 Å². The number of hydrogen-bond donors (Lipinski definition) is 1. The second kappa shape index (κ2) is 8.65. The highest BCUT2D eigenvalue weighted by atomic mass is 15.2. The minimum atomic E-state index is 0.525. The van der Waals surface area contributed by atoms with Crippen LogP contribution in [-0.4, -0.2) is 20.6 Å². The Hall–Kier alpha value is -1.58. The van der Waals surface area contributed by atoms with Crippen molar-refractivity contribution >= 4 is 11.3 Å². The fourth-order valence-electron chi connectivity index (χ4n) is 2.74. The Kier molecular flexibility index (Phi) is 6.51. The van der Waals surface area contributed by atoms with Crippen molar-refractivity contribution in [2.24, 2.45) is 0 Å². The molecule has 0 aliphatic heterocycles. The molecule has 0 saturated carbocycles. The Morgan fingerprint density at radius 2 is 1.81 bits per heavy atom. The fraction of sp³-hybridized carbons (Fsp3) is 0.647. The number of nitrogens with zero attached hydrogens (tertiary/aromatic N) is 3. The maximum Gasteiger partial charge on any atom is 0.154 e. The second-order valence-electron chi connectivity index (χ2n) is 5.78. The molecule has 0 atom stereocenters. The molecule has 2 heterocycles. The summed E-state index contributed by atoms with van der Waals surface area (Å²) in [5.41, 5.74) is 1.06. The summed E-state index contributed by atoms with van der Waals surface area (Å²) in [7, 11) is 0. The van der Waals surface area contributed by atoms with Gasteiger partial charge in [-0.2, -0.15) is 5.10 Å². The molecule has 0 amide bonds. The first kappa shape index (κ1) is 15.8. The lowest BCUT2D eigenvalue weighted by Gasteiger charge is -2.19. The Labute approximate surface area is 128 Å². The van der Waals surface area contributed by atoms with Gasteiger partial charge in [0.2, 0.25) is 0 Å². The number of rotatable bonds is 10. The minimum absolute atomic E-state index is 0.525. The molecule has 0 aliphatic carbocycles. The Balaban J connectivity index is 2.00. The first-order chi connectivity index (χ1) is 10.3. The molecule has 4 heteroatoms. The smallest absolute Gasteiger partial charge is 0.154 e. The van der Waals surface area contributed by atoms with Crippen molar-refractivity contribution in [2.75, 3.05) is 5.32 Å². The van der Waals surface area contributed by atoms with E-state index < -0.39 is 0 Å². The molecule has 1 N–H and O–H groups in total. The van der Waals surface area contributed by atoms with Gasteiger partial charge in [-0.15, -0.1) is 0 Å². The number of aromatic nitrogens is 3. The molecule has 0 unspecified atom stereocenters. The van der Waals surface area contributed by atoms with E-state index in [0.29, 0.717) is 6.04 Å². The predicted octanol–water partition coefficient (Wildman–Crippen LogP) is 4.67. The van der Waals surface area contributed by atoms with Gasteiger partial charge in [-0.3, -0.25) is 0 Å². The average molecular weight is 288 g/mol. The normalized spacial score (nSPS) is 11.4. The van der Waals surface area contributed by atoms with Gasteiger partial charge in [-0.05, 0) is 25.0 Å². The van der Waals surface area contributed by atoms with Crippen molar-refractivity contribution in [3.63, 3.8) is 0 Å². The van der Waals surface area contributed by atoms with E-state index >= 15 is 0 Å². The molecule has 0 spiro atoms. The lowest BCUT2D eigenvalue weighted by atomic mass is 10.0. The predicted molar refractivity (Wildman–Crippen MR) is 88.7 cm³/mol. The highest BCUT2D eigenvalue weighted by Gasteiger charge is 2.11. The standard InChI is InChI=1S/C17H28N4/c1-3-5-7-10-15(11-8-6-4-2)20-17-16-12-9-13-21(16)19-14-18-17/h9,12-15H,3-8,10-11H2,1-2H3,(H,18,19,20). The third-order valence-electron chi connectivity index (χ3n) is 3.99. The summed E-state index contributed by atoms with van der Waals surface area (Å²) >= 11 is 0. The van der Waals surface area contributed by atoms with Crippen LogP contribution in [0, 0.1) is 0 Å². The van der Waals surface area contributed by atoms with Crippen molar-refractivity contribution in [1.29, 1.82) is 0 Å². The van der Waals surface area contributed by atoms with Crippen molar-refractivity contribution in [3.05, 3.63) is 24.7 Å². The fourth-order valence-corrected chi connectivity index (χ4v) is 2.74. The molecule has 0 bridgehead atoms. The lowest BCUT2D eigenvalue weighted by Crippen LogP contribution is -2.21. The van der Waals surface area contributed by atoms with Crippen LogP contribution in [-0.2, 0) is 0 Å². The van der Waals surface area contributed by atoms with Gasteiger partial charge in [0, 0.05) is 12.2 Å². The number of nitrogens with one attached hydrogen (secondary N) is 1. The van der Waals surface area contributed by atoms with Crippen LogP contribution in [0.2, 0.25) is 0 Å². The summed E-state index contributed by atoms with van der Waals surface area (Å²) < 4.78 is 1.88. The molecular weight excluding hydrogens is 260 g/mol. The molecule has 116 valence electrons. The van der Waals surface area contributed by atoms with E-state index in [1.165, 1.54) is 51.4 Å². The highest BCUT2D eigenvalue weighted by Crippen LogP contribution is 2.19. The van der Waals surface area contributed by atoms with Crippen LogP contribution in [0.1, 0.15) is 65.2 Å². The third kappa shape index (κ3) is 4.73. The van der Waals surface area contributed by atoms with Crippen LogP contribution in [0.3, 0.4) is 0 Å². The van der Waals surface area contributed by atoms with Crippen molar-refractivity contribution in [3.8, 4) is 0 Å². The Bertz CT molecular complexity index is 510. The van der Waals surface area contributed by atoms with Gasteiger partial charge >= 0.3 is 0 Å². The summed E-state index contributed by atoms with van der Waals surface area (Å²) in [5, 5.41) is 7.88. The lowest BCUT2D eigenvalue weighted by molar-refractivity contribution is 0.525. The van der Waals surface area contributed by atoms with Crippen LogP contribution in [0.25, 0.3) is 5.52 Å². The number of fused-ring (bicyclic) bond motifs is 1. The van der Waals surface area contributed by atoms with Gasteiger partial charge in [0.25, 0.3) is 0 Å². The zero-order chi connectivity index (χ0) is 14.9. The van der Waals surface area contributed by atoms with Crippen molar-refractivity contribution in [2.45, 2.75) is 71.3 Å².